The molecule has 1 aromatic heterocycles. The van der Waals surface area contributed by atoms with Crippen molar-refractivity contribution in [3.05, 3.63) is 36.0 Å². The third-order valence-corrected chi connectivity index (χ3v) is 3.70. The number of aryl methyl sites for hydroxylation is 1. The lowest BCUT2D eigenvalue weighted by Gasteiger charge is -2.13. The van der Waals surface area contributed by atoms with Crippen LogP contribution in [0.3, 0.4) is 0 Å². The first kappa shape index (κ1) is 14.7. The van der Waals surface area contributed by atoms with Gasteiger partial charge in [0.15, 0.2) is 5.82 Å². The van der Waals surface area contributed by atoms with Crippen LogP contribution in [0.25, 0.3) is 11.4 Å². The third-order valence-electron chi connectivity index (χ3n) is 3.70. The molecular formula is C16H19FN4O. The summed E-state index contributed by atoms with van der Waals surface area (Å²) in [4.78, 5) is 8.81. The number of aromatic nitrogens is 2. The predicted octanol–water partition coefficient (Wildman–Crippen LogP) is 2.27. The van der Waals surface area contributed by atoms with Gasteiger partial charge in [-0.1, -0.05) is 12.1 Å². The zero-order valence-corrected chi connectivity index (χ0v) is 12.4. The van der Waals surface area contributed by atoms with E-state index in [-0.39, 0.29) is 11.8 Å². The number of hydrogen-bond donors (Lipinski definition) is 3. The fourth-order valence-electron chi connectivity index (χ4n) is 2.60. The molecule has 1 aromatic carbocycles. The molecule has 1 aliphatic heterocycles. The molecule has 1 aliphatic rings. The maximum absolute atomic E-state index is 13.1. The zero-order chi connectivity index (χ0) is 15.5. The number of aromatic hydroxyl groups is 1. The van der Waals surface area contributed by atoms with Crippen LogP contribution in [-0.2, 0) is 0 Å². The number of benzene rings is 1. The number of phenols is 1. The van der Waals surface area contributed by atoms with Crippen molar-refractivity contribution in [3.63, 3.8) is 0 Å². The second kappa shape index (κ2) is 6.27. The molecule has 2 atom stereocenters. The van der Waals surface area contributed by atoms with Gasteiger partial charge in [0, 0.05) is 30.9 Å². The summed E-state index contributed by atoms with van der Waals surface area (Å²) < 4.78 is 13.1. The maximum Gasteiger partial charge on any atom is 0.165 e. The van der Waals surface area contributed by atoms with E-state index in [0.717, 1.165) is 5.69 Å². The molecule has 0 saturated carbocycles. The van der Waals surface area contributed by atoms with Gasteiger partial charge in [0.1, 0.15) is 17.7 Å². The fraction of sp³-hybridized carbons (Fsp3) is 0.375. The Morgan fingerprint density at radius 3 is 2.91 bits per heavy atom. The second-order valence-electron chi connectivity index (χ2n) is 5.55. The average Bonchev–Trinajstić information content (AvgIpc) is 2.91. The Balaban J connectivity index is 1.77. The predicted molar refractivity (Wildman–Crippen MR) is 83.7 cm³/mol. The molecular weight excluding hydrogens is 283 g/mol. The highest BCUT2D eigenvalue weighted by atomic mass is 19.1. The van der Waals surface area contributed by atoms with Gasteiger partial charge in [-0.05, 0) is 25.5 Å². The number of rotatable bonds is 4. The number of phenolic OH excluding ortho intramolecular Hbond substituents is 1. The standard InChI is InChI=1S/C16H19FN4O/c1-10-6-15(19-9-12-7-11(17)8-18-12)21-16(20-10)13-4-2-3-5-14(13)22/h2-6,11-12,18,22H,7-9H2,1H3,(H,19,20,21)/t11-,12-/m0/s1. The first-order valence-electron chi connectivity index (χ1n) is 7.37. The van der Waals surface area contributed by atoms with Crippen LogP contribution in [0.2, 0.25) is 0 Å². The summed E-state index contributed by atoms with van der Waals surface area (Å²) in [5.74, 6) is 1.30. The topological polar surface area (TPSA) is 70.1 Å². The molecule has 1 saturated heterocycles. The number of para-hydroxylation sites is 1. The van der Waals surface area contributed by atoms with Gasteiger partial charge in [0.25, 0.3) is 0 Å². The van der Waals surface area contributed by atoms with Gasteiger partial charge in [-0.2, -0.15) is 0 Å². The van der Waals surface area contributed by atoms with Gasteiger partial charge < -0.3 is 15.7 Å². The van der Waals surface area contributed by atoms with Crippen LogP contribution >= 0.6 is 0 Å². The fourth-order valence-corrected chi connectivity index (χ4v) is 2.60. The quantitative estimate of drug-likeness (QED) is 0.808. The highest BCUT2D eigenvalue weighted by Crippen LogP contribution is 2.26. The molecule has 0 bridgehead atoms. The lowest BCUT2D eigenvalue weighted by atomic mass is 10.2. The van der Waals surface area contributed by atoms with Gasteiger partial charge in [-0.25, -0.2) is 14.4 Å². The highest BCUT2D eigenvalue weighted by molar-refractivity contribution is 5.64. The van der Waals surface area contributed by atoms with Gasteiger partial charge >= 0.3 is 0 Å². The molecule has 22 heavy (non-hydrogen) atoms. The molecule has 2 aromatic rings. The van der Waals surface area contributed by atoms with Crippen LogP contribution in [0.1, 0.15) is 12.1 Å². The Hall–Kier alpha value is -2.21. The summed E-state index contributed by atoms with van der Waals surface area (Å²) in [7, 11) is 0. The molecule has 0 spiro atoms. The second-order valence-corrected chi connectivity index (χ2v) is 5.55. The van der Waals surface area contributed by atoms with Crippen LogP contribution in [0.15, 0.2) is 30.3 Å². The minimum absolute atomic E-state index is 0.110. The first-order chi connectivity index (χ1) is 10.6. The van der Waals surface area contributed by atoms with Crippen molar-refractivity contribution in [2.24, 2.45) is 0 Å². The van der Waals surface area contributed by atoms with Gasteiger partial charge in [0.2, 0.25) is 0 Å². The molecule has 5 nitrogen and oxygen atoms in total. The lowest BCUT2D eigenvalue weighted by molar-refractivity contribution is 0.356. The number of anilines is 1. The van der Waals surface area contributed by atoms with Crippen LogP contribution in [0, 0.1) is 6.92 Å². The Morgan fingerprint density at radius 2 is 2.18 bits per heavy atom. The molecule has 1 fully saturated rings. The Kier molecular flexibility index (Phi) is 4.20. The van der Waals surface area contributed by atoms with Gasteiger partial charge in [0.05, 0.1) is 5.56 Å². The van der Waals surface area contributed by atoms with E-state index in [1.165, 1.54) is 0 Å². The largest absolute Gasteiger partial charge is 0.507 e. The van der Waals surface area contributed by atoms with E-state index in [2.05, 4.69) is 20.6 Å². The molecule has 2 heterocycles. The SMILES string of the molecule is Cc1cc(NC[C@@H]2C[C@H](F)CN2)nc(-c2ccccc2O)n1. The van der Waals surface area contributed by atoms with Crippen molar-refractivity contribution in [3.8, 4) is 17.1 Å². The summed E-state index contributed by atoms with van der Waals surface area (Å²) in [5.41, 5.74) is 1.40. The van der Waals surface area contributed by atoms with Crippen LogP contribution < -0.4 is 10.6 Å². The minimum Gasteiger partial charge on any atom is -0.507 e. The number of nitrogens with zero attached hydrogens (tertiary/aromatic N) is 2. The molecule has 0 unspecified atom stereocenters. The highest BCUT2D eigenvalue weighted by Gasteiger charge is 2.23. The lowest BCUT2D eigenvalue weighted by Crippen LogP contribution is -2.29. The van der Waals surface area contributed by atoms with Crippen LogP contribution in [0.4, 0.5) is 10.2 Å². The summed E-state index contributed by atoms with van der Waals surface area (Å²) in [6, 6.07) is 8.92. The van der Waals surface area contributed by atoms with Crippen molar-refractivity contribution in [2.45, 2.75) is 25.6 Å². The summed E-state index contributed by atoms with van der Waals surface area (Å²) >= 11 is 0. The van der Waals surface area contributed by atoms with E-state index < -0.39 is 6.17 Å². The Bertz CT molecular complexity index is 664. The molecule has 3 rings (SSSR count). The van der Waals surface area contributed by atoms with E-state index in [9.17, 15) is 9.50 Å². The third kappa shape index (κ3) is 3.33. The summed E-state index contributed by atoms with van der Waals surface area (Å²) in [5, 5.41) is 16.3. The van der Waals surface area contributed by atoms with Crippen LogP contribution in [-0.4, -0.2) is 40.4 Å². The smallest absolute Gasteiger partial charge is 0.165 e. The van der Waals surface area contributed by atoms with E-state index in [0.29, 0.717) is 36.7 Å². The normalized spacial score (nSPS) is 21.0. The number of halogens is 1. The Labute approximate surface area is 128 Å². The van der Waals surface area contributed by atoms with Crippen LogP contribution in [0.5, 0.6) is 5.75 Å². The number of alkyl halides is 1. The van der Waals surface area contributed by atoms with Crippen molar-refractivity contribution >= 4 is 5.82 Å². The van der Waals surface area contributed by atoms with Gasteiger partial charge in [-0.3, -0.25) is 0 Å². The molecule has 116 valence electrons. The van der Waals surface area contributed by atoms with E-state index in [1.807, 2.05) is 19.1 Å². The molecule has 0 radical (unpaired) electrons. The monoisotopic (exact) mass is 302 g/mol. The average molecular weight is 302 g/mol. The molecule has 0 amide bonds. The van der Waals surface area contributed by atoms with Crippen molar-refractivity contribution < 1.29 is 9.50 Å². The summed E-state index contributed by atoms with van der Waals surface area (Å²) in [6.45, 7) is 2.90. The van der Waals surface area contributed by atoms with E-state index in [4.69, 9.17) is 0 Å². The summed E-state index contributed by atoms with van der Waals surface area (Å²) in [6.07, 6.45) is -0.251. The van der Waals surface area contributed by atoms with Gasteiger partial charge in [-0.15, -0.1) is 0 Å². The minimum atomic E-state index is -0.768. The first-order valence-corrected chi connectivity index (χ1v) is 7.37. The molecule has 3 N–H and O–H groups in total. The van der Waals surface area contributed by atoms with Crippen molar-refractivity contribution in [1.29, 1.82) is 0 Å². The Morgan fingerprint density at radius 1 is 1.36 bits per heavy atom. The molecule has 0 aliphatic carbocycles. The van der Waals surface area contributed by atoms with E-state index >= 15 is 0 Å². The van der Waals surface area contributed by atoms with E-state index in [1.54, 1.807) is 18.2 Å². The van der Waals surface area contributed by atoms with Crippen molar-refractivity contribution in [1.82, 2.24) is 15.3 Å². The number of nitrogens with one attached hydrogen (secondary N) is 2. The zero-order valence-electron chi connectivity index (χ0n) is 12.4. The van der Waals surface area contributed by atoms with Crippen molar-refractivity contribution in [2.75, 3.05) is 18.4 Å². The number of hydrogen-bond acceptors (Lipinski definition) is 5. The molecule has 6 heteroatoms. The maximum atomic E-state index is 13.1.